The minimum absolute atomic E-state index is 0.831. The smallest absolute Gasteiger partial charge is 0.104 e. The zero-order valence-electron chi connectivity index (χ0n) is 12.1. The van der Waals surface area contributed by atoms with E-state index in [1.165, 1.54) is 61.9 Å². The molecule has 0 amide bonds. The molecule has 1 nitrogen and oxygen atoms in total. The fourth-order valence-electron chi connectivity index (χ4n) is 3.15. The van der Waals surface area contributed by atoms with E-state index in [-0.39, 0.29) is 0 Å². The summed E-state index contributed by atoms with van der Waals surface area (Å²) in [5.41, 5.74) is 1.52. The molecule has 0 saturated carbocycles. The van der Waals surface area contributed by atoms with Crippen LogP contribution < -0.4 is 0 Å². The Balaban J connectivity index is 2.04. The second-order valence-corrected chi connectivity index (χ2v) is 6.40. The van der Waals surface area contributed by atoms with Gasteiger partial charge in [-0.05, 0) is 31.6 Å². The van der Waals surface area contributed by atoms with Gasteiger partial charge in [-0.1, -0.05) is 44.2 Å². The predicted molar refractivity (Wildman–Crippen MR) is 78.3 cm³/mol. The lowest BCUT2D eigenvalue weighted by molar-refractivity contribution is -0.945. The van der Waals surface area contributed by atoms with Gasteiger partial charge in [0.25, 0.3) is 0 Å². The summed E-state index contributed by atoms with van der Waals surface area (Å²) in [6.07, 6.45) is 5.65. The fourth-order valence-corrected chi connectivity index (χ4v) is 3.15. The average Bonchev–Trinajstić information content (AvgIpc) is 2.39. The van der Waals surface area contributed by atoms with Crippen LogP contribution in [-0.4, -0.2) is 24.1 Å². The first kappa shape index (κ1) is 13.6. The van der Waals surface area contributed by atoms with Gasteiger partial charge in [0.2, 0.25) is 0 Å². The number of benzene rings is 1. The molecule has 0 aromatic heterocycles. The van der Waals surface area contributed by atoms with Crippen LogP contribution in [0.25, 0.3) is 0 Å². The van der Waals surface area contributed by atoms with Crippen molar-refractivity contribution in [3.8, 4) is 0 Å². The predicted octanol–water partition coefficient (Wildman–Crippen LogP) is 4.23. The average molecular weight is 246 g/mol. The number of hydrogen-bond acceptors (Lipinski definition) is 0. The number of piperidine rings is 1. The number of likely N-dealkylation sites (tertiary alicyclic amines) is 1. The van der Waals surface area contributed by atoms with E-state index in [9.17, 15) is 0 Å². The Morgan fingerprint density at radius 3 is 2.28 bits per heavy atom. The molecule has 0 spiro atoms. The molecule has 1 heterocycles. The molecule has 0 aliphatic carbocycles. The summed E-state index contributed by atoms with van der Waals surface area (Å²) in [6.45, 7) is 10.1. The van der Waals surface area contributed by atoms with E-state index in [0.717, 1.165) is 5.92 Å². The van der Waals surface area contributed by atoms with Crippen molar-refractivity contribution in [3.05, 3.63) is 35.9 Å². The second-order valence-electron chi connectivity index (χ2n) is 6.40. The van der Waals surface area contributed by atoms with Gasteiger partial charge in [-0.25, -0.2) is 0 Å². The molecule has 1 aliphatic heterocycles. The van der Waals surface area contributed by atoms with E-state index in [0.29, 0.717) is 0 Å². The van der Waals surface area contributed by atoms with Crippen molar-refractivity contribution in [2.75, 3.05) is 19.6 Å². The number of nitrogens with zero attached hydrogens (tertiary/aromatic N) is 1. The summed E-state index contributed by atoms with van der Waals surface area (Å²) in [7, 11) is 0. The van der Waals surface area contributed by atoms with Gasteiger partial charge in [0.15, 0.2) is 0 Å². The molecule has 1 aliphatic rings. The molecule has 100 valence electrons. The van der Waals surface area contributed by atoms with Crippen molar-refractivity contribution in [2.45, 2.75) is 46.1 Å². The monoisotopic (exact) mass is 246 g/mol. The third kappa shape index (κ3) is 3.84. The van der Waals surface area contributed by atoms with Gasteiger partial charge in [-0.2, -0.15) is 0 Å². The SMILES string of the molecule is CC(C)CC[N+]1(Cc2ccccc2)CCCCC1. The van der Waals surface area contributed by atoms with Crippen molar-refractivity contribution in [1.82, 2.24) is 0 Å². The topological polar surface area (TPSA) is 0 Å². The molecule has 1 aromatic carbocycles. The Labute approximate surface area is 112 Å². The Bertz CT molecular complexity index is 336. The van der Waals surface area contributed by atoms with E-state index >= 15 is 0 Å². The van der Waals surface area contributed by atoms with E-state index in [1.807, 2.05) is 0 Å². The van der Waals surface area contributed by atoms with Gasteiger partial charge in [0, 0.05) is 5.56 Å². The summed E-state index contributed by atoms with van der Waals surface area (Å²) >= 11 is 0. The van der Waals surface area contributed by atoms with Gasteiger partial charge >= 0.3 is 0 Å². The maximum Gasteiger partial charge on any atom is 0.104 e. The lowest BCUT2D eigenvalue weighted by Gasteiger charge is -2.42. The summed E-state index contributed by atoms with van der Waals surface area (Å²) in [6, 6.07) is 11.1. The third-order valence-corrected chi connectivity index (χ3v) is 4.31. The highest BCUT2D eigenvalue weighted by Gasteiger charge is 2.29. The zero-order valence-corrected chi connectivity index (χ0v) is 12.1. The maximum atomic E-state index is 2.35. The van der Waals surface area contributed by atoms with Crippen LogP contribution in [0.4, 0.5) is 0 Å². The number of quaternary nitrogens is 1. The Hall–Kier alpha value is -0.820. The summed E-state index contributed by atoms with van der Waals surface area (Å²) < 4.78 is 1.34. The Kier molecular flexibility index (Phi) is 4.82. The molecule has 1 heteroatoms. The first-order valence-corrected chi connectivity index (χ1v) is 7.59. The van der Waals surface area contributed by atoms with Crippen molar-refractivity contribution in [3.63, 3.8) is 0 Å². The lowest BCUT2D eigenvalue weighted by Crippen LogP contribution is -2.51. The quantitative estimate of drug-likeness (QED) is 0.682. The van der Waals surface area contributed by atoms with Gasteiger partial charge in [0.05, 0.1) is 19.6 Å². The van der Waals surface area contributed by atoms with Gasteiger partial charge < -0.3 is 4.48 Å². The number of rotatable bonds is 5. The summed E-state index contributed by atoms with van der Waals surface area (Å²) in [5.74, 6) is 0.831. The second kappa shape index (κ2) is 6.38. The third-order valence-electron chi connectivity index (χ3n) is 4.31. The van der Waals surface area contributed by atoms with E-state index < -0.39 is 0 Å². The molecule has 0 unspecified atom stereocenters. The van der Waals surface area contributed by atoms with Crippen molar-refractivity contribution < 1.29 is 4.48 Å². The molecule has 2 rings (SSSR count). The van der Waals surface area contributed by atoms with Crippen LogP contribution in [0.5, 0.6) is 0 Å². The Morgan fingerprint density at radius 2 is 1.67 bits per heavy atom. The van der Waals surface area contributed by atoms with Gasteiger partial charge in [-0.3, -0.25) is 0 Å². The van der Waals surface area contributed by atoms with E-state index in [1.54, 1.807) is 0 Å². The molecule has 1 aromatic rings. The molecule has 1 fully saturated rings. The molecule has 0 atom stereocenters. The van der Waals surface area contributed by atoms with Crippen LogP contribution in [-0.2, 0) is 6.54 Å². The minimum atomic E-state index is 0.831. The molecule has 0 radical (unpaired) electrons. The highest BCUT2D eigenvalue weighted by atomic mass is 15.4. The van der Waals surface area contributed by atoms with Crippen LogP contribution >= 0.6 is 0 Å². The standard InChI is InChI=1S/C17H28N/c1-16(2)11-14-18(12-7-4-8-13-18)15-17-9-5-3-6-10-17/h3,5-6,9-10,16H,4,7-8,11-15H2,1-2H3/q+1. The van der Waals surface area contributed by atoms with Crippen LogP contribution in [0.3, 0.4) is 0 Å². The largest absolute Gasteiger partial charge is 0.320 e. The van der Waals surface area contributed by atoms with Crippen LogP contribution in [0.2, 0.25) is 0 Å². The maximum absolute atomic E-state index is 2.35. The molecular weight excluding hydrogens is 218 g/mol. The van der Waals surface area contributed by atoms with Gasteiger partial charge in [-0.15, -0.1) is 0 Å². The van der Waals surface area contributed by atoms with Crippen LogP contribution in [0.15, 0.2) is 30.3 Å². The van der Waals surface area contributed by atoms with E-state index in [4.69, 9.17) is 0 Å². The zero-order chi connectivity index (χ0) is 12.8. The molecular formula is C17H28N+. The van der Waals surface area contributed by atoms with Crippen molar-refractivity contribution >= 4 is 0 Å². The van der Waals surface area contributed by atoms with E-state index in [2.05, 4.69) is 44.2 Å². The number of hydrogen-bond donors (Lipinski definition) is 0. The van der Waals surface area contributed by atoms with Crippen LogP contribution in [0.1, 0.15) is 45.1 Å². The fraction of sp³-hybridized carbons (Fsp3) is 0.647. The molecule has 0 bridgehead atoms. The molecule has 1 saturated heterocycles. The highest BCUT2D eigenvalue weighted by Crippen LogP contribution is 2.24. The lowest BCUT2D eigenvalue weighted by atomic mass is 10.0. The minimum Gasteiger partial charge on any atom is -0.320 e. The van der Waals surface area contributed by atoms with Gasteiger partial charge in [0.1, 0.15) is 6.54 Å². The van der Waals surface area contributed by atoms with Crippen molar-refractivity contribution in [1.29, 1.82) is 0 Å². The summed E-state index contributed by atoms with van der Waals surface area (Å²) in [4.78, 5) is 0. The van der Waals surface area contributed by atoms with Crippen molar-refractivity contribution in [2.24, 2.45) is 5.92 Å². The molecule has 0 N–H and O–H groups in total. The Morgan fingerprint density at radius 1 is 1.00 bits per heavy atom. The first-order valence-electron chi connectivity index (χ1n) is 7.59. The highest BCUT2D eigenvalue weighted by molar-refractivity contribution is 5.13. The van der Waals surface area contributed by atoms with Crippen LogP contribution in [0, 0.1) is 5.92 Å². The summed E-state index contributed by atoms with van der Waals surface area (Å²) in [5, 5.41) is 0. The molecule has 18 heavy (non-hydrogen) atoms. The normalized spacial score (nSPS) is 19.1. The first-order chi connectivity index (χ1) is 8.70.